The van der Waals surface area contributed by atoms with Crippen LogP contribution in [0.3, 0.4) is 0 Å². The average molecular weight is 370 g/mol. The normalized spacial score (nSPS) is 12.6. The SMILES string of the molecule is CCc1nc[nH]c1[C@H](C)c1ccc(NC(=O)C(F)(F)c2cccnc2)cc1. The monoisotopic (exact) mass is 370 g/mol. The Bertz CT molecular complexity index is 907. The number of nitrogens with zero attached hydrogens (tertiary/aromatic N) is 2. The number of rotatable bonds is 6. The summed E-state index contributed by atoms with van der Waals surface area (Å²) >= 11 is 0. The lowest BCUT2D eigenvalue weighted by Gasteiger charge is -2.17. The van der Waals surface area contributed by atoms with E-state index < -0.39 is 17.4 Å². The van der Waals surface area contributed by atoms with E-state index in [0.29, 0.717) is 5.69 Å². The summed E-state index contributed by atoms with van der Waals surface area (Å²) in [7, 11) is 0. The number of imidazole rings is 1. The number of H-pyrrole nitrogens is 1. The van der Waals surface area contributed by atoms with E-state index in [0.717, 1.165) is 29.6 Å². The topological polar surface area (TPSA) is 70.7 Å². The van der Waals surface area contributed by atoms with Gasteiger partial charge in [0.25, 0.3) is 5.91 Å². The second-order valence-electron chi connectivity index (χ2n) is 6.23. The number of benzene rings is 1. The Balaban J connectivity index is 1.73. The van der Waals surface area contributed by atoms with Gasteiger partial charge in [-0.15, -0.1) is 0 Å². The Labute approximate surface area is 155 Å². The number of nitrogens with one attached hydrogen (secondary N) is 2. The smallest absolute Gasteiger partial charge is 0.348 e. The van der Waals surface area contributed by atoms with Crippen molar-refractivity contribution >= 4 is 11.6 Å². The van der Waals surface area contributed by atoms with Crippen LogP contribution in [0.15, 0.2) is 55.1 Å². The molecule has 0 aliphatic heterocycles. The first-order chi connectivity index (χ1) is 12.9. The third-order valence-electron chi connectivity index (χ3n) is 4.50. The van der Waals surface area contributed by atoms with Crippen molar-refractivity contribution in [1.29, 1.82) is 0 Å². The van der Waals surface area contributed by atoms with E-state index in [4.69, 9.17) is 0 Å². The highest BCUT2D eigenvalue weighted by Crippen LogP contribution is 2.30. The molecule has 1 aromatic carbocycles. The summed E-state index contributed by atoms with van der Waals surface area (Å²) < 4.78 is 28.5. The van der Waals surface area contributed by atoms with Crippen LogP contribution in [0.25, 0.3) is 0 Å². The molecule has 140 valence electrons. The predicted octanol–water partition coefficient (Wildman–Crippen LogP) is 4.25. The number of aryl methyl sites for hydroxylation is 1. The van der Waals surface area contributed by atoms with E-state index in [1.54, 1.807) is 18.5 Å². The third kappa shape index (κ3) is 3.86. The molecule has 5 nitrogen and oxygen atoms in total. The lowest BCUT2D eigenvalue weighted by atomic mass is 9.95. The molecule has 0 spiro atoms. The quantitative estimate of drug-likeness (QED) is 0.681. The van der Waals surface area contributed by atoms with E-state index in [1.807, 2.05) is 26.0 Å². The minimum atomic E-state index is -3.66. The number of aromatic nitrogens is 3. The maximum atomic E-state index is 14.2. The van der Waals surface area contributed by atoms with Gasteiger partial charge in [-0.25, -0.2) is 4.98 Å². The van der Waals surface area contributed by atoms with Crippen molar-refractivity contribution in [3.8, 4) is 0 Å². The summed E-state index contributed by atoms with van der Waals surface area (Å²) in [5, 5.41) is 2.27. The Morgan fingerprint density at radius 3 is 2.63 bits per heavy atom. The lowest BCUT2D eigenvalue weighted by molar-refractivity contribution is -0.141. The first kappa shape index (κ1) is 18.7. The second kappa shape index (κ2) is 7.65. The molecule has 0 unspecified atom stereocenters. The fourth-order valence-corrected chi connectivity index (χ4v) is 2.90. The summed E-state index contributed by atoms with van der Waals surface area (Å²) in [5.74, 6) is -4.98. The largest absolute Gasteiger partial charge is 0.351 e. The van der Waals surface area contributed by atoms with Crippen LogP contribution in [-0.4, -0.2) is 20.9 Å². The number of aromatic amines is 1. The molecule has 0 saturated carbocycles. The standard InChI is InChI=1S/C20H20F2N4O/c1-3-17-18(25-12-24-17)13(2)14-6-8-16(9-7-14)26-19(27)20(21,22)15-5-4-10-23-11-15/h4-13H,3H2,1-2H3,(H,24,25)(H,26,27)/t13-/m1/s1. The number of anilines is 1. The average Bonchev–Trinajstić information content (AvgIpc) is 3.17. The molecule has 3 rings (SSSR count). The fourth-order valence-electron chi connectivity index (χ4n) is 2.90. The van der Waals surface area contributed by atoms with Gasteiger partial charge in [-0.1, -0.05) is 26.0 Å². The number of hydrogen-bond acceptors (Lipinski definition) is 3. The first-order valence-electron chi connectivity index (χ1n) is 8.65. The van der Waals surface area contributed by atoms with Gasteiger partial charge in [-0.2, -0.15) is 8.78 Å². The number of carbonyl (C=O) groups is 1. The van der Waals surface area contributed by atoms with Crippen LogP contribution in [0.4, 0.5) is 14.5 Å². The van der Waals surface area contributed by atoms with Crippen LogP contribution in [-0.2, 0) is 17.1 Å². The number of alkyl halides is 2. The van der Waals surface area contributed by atoms with E-state index in [2.05, 4.69) is 20.3 Å². The van der Waals surface area contributed by atoms with Crippen molar-refractivity contribution in [1.82, 2.24) is 15.0 Å². The van der Waals surface area contributed by atoms with Gasteiger partial charge >= 0.3 is 5.92 Å². The summed E-state index contributed by atoms with van der Waals surface area (Å²) in [4.78, 5) is 23.1. The molecule has 1 amide bonds. The van der Waals surface area contributed by atoms with Crippen molar-refractivity contribution in [3.63, 3.8) is 0 Å². The van der Waals surface area contributed by atoms with Crippen molar-refractivity contribution < 1.29 is 13.6 Å². The Hall–Kier alpha value is -3.09. The zero-order chi connectivity index (χ0) is 19.4. The second-order valence-corrected chi connectivity index (χ2v) is 6.23. The molecule has 2 aromatic heterocycles. The fraction of sp³-hybridized carbons (Fsp3) is 0.250. The van der Waals surface area contributed by atoms with Gasteiger partial charge in [0.15, 0.2) is 0 Å². The van der Waals surface area contributed by atoms with Crippen LogP contribution in [0.1, 0.15) is 42.3 Å². The van der Waals surface area contributed by atoms with Crippen LogP contribution in [0.2, 0.25) is 0 Å². The zero-order valence-electron chi connectivity index (χ0n) is 15.0. The van der Waals surface area contributed by atoms with Crippen molar-refractivity contribution in [2.24, 2.45) is 0 Å². The van der Waals surface area contributed by atoms with E-state index >= 15 is 0 Å². The van der Waals surface area contributed by atoms with Crippen LogP contribution >= 0.6 is 0 Å². The van der Waals surface area contributed by atoms with Crippen LogP contribution in [0.5, 0.6) is 0 Å². The molecular weight excluding hydrogens is 350 g/mol. The molecule has 1 atom stereocenters. The number of pyridine rings is 1. The summed E-state index contributed by atoms with van der Waals surface area (Å²) in [5.41, 5.74) is 2.87. The van der Waals surface area contributed by atoms with Gasteiger partial charge < -0.3 is 10.3 Å². The molecule has 0 saturated heterocycles. The minimum Gasteiger partial charge on any atom is -0.348 e. The van der Waals surface area contributed by atoms with Gasteiger partial charge in [0, 0.05) is 35.3 Å². The van der Waals surface area contributed by atoms with Gasteiger partial charge in [0.1, 0.15) is 0 Å². The van der Waals surface area contributed by atoms with Crippen molar-refractivity contribution in [2.45, 2.75) is 32.1 Å². The predicted molar refractivity (Wildman–Crippen MR) is 98.7 cm³/mol. The molecule has 0 fully saturated rings. The van der Waals surface area contributed by atoms with E-state index in [-0.39, 0.29) is 5.92 Å². The number of halogens is 2. The maximum Gasteiger partial charge on any atom is 0.351 e. The highest BCUT2D eigenvalue weighted by molar-refractivity contribution is 5.96. The van der Waals surface area contributed by atoms with E-state index in [9.17, 15) is 13.6 Å². The third-order valence-corrected chi connectivity index (χ3v) is 4.50. The number of hydrogen-bond donors (Lipinski definition) is 2. The van der Waals surface area contributed by atoms with E-state index in [1.165, 1.54) is 18.3 Å². The maximum absolute atomic E-state index is 14.2. The Morgan fingerprint density at radius 2 is 2.00 bits per heavy atom. The van der Waals surface area contributed by atoms with Crippen molar-refractivity contribution in [3.05, 3.63) is 77.6 Å². The molecular formula is C20H20F2N4O. The highest BCUT2D eigenvalue weighted by atomic mass is 19.3. The van der Waals surface area contributed by atoms with Gasteiger partial charge in [0.2, 0.25) is 0 Å². The van der Waals surface area contributed by atoms with Crippen molar-refractivity contribution in [2.75, 3.05) is 5.32 Å². The van der Waals surface area contributed by atoms with Gasteiger partial charge in [0.05, 0.1) is 12.0 Å². The first-order valence-corrected chi connectivity index (χ1v) is 8.65. The summed E-state index contributed by atoms with van der Waals surface area (Å²) in [6, 6.07) is 9.39. The summed E-state index contributed by atoms with van der Waals surface area (Å²) in [6.07, 6.45) is 4.85. The molecule has 3 aromatic rings. The van der Waals surface area contributed by atoms with Crippen LogP contribution in [0, 0.1) is 0 Å². The Morgan fingerprint density at radius 1 is 1.26 bits per heavy atom. The van der Waals surface area contributed by atoms with Crippen LogP contribution < -0.4 is 5.32 Å². The molecule has 7 heteroatoms. The molecule has 2 heterocycles. The molecule has 0 bridgehead atoms. The lowest BCUT2D eigenvalue weighted by Crippen LogP contribution is -2.32. The highest BCUT2D eigenvalue weighted by Gasteiger charge is 2.41. The number of amides is 1. The number of carbonyl (C=O) groups excluding carboxylic acids is 1. The molecule has 0 aliphatic carbocycles. The molecule has 0 aliphatic rings. The van der Waals surface area contributed by atoms with Gasteiger partial charge in [-0.3, -0.25) is 9.78 Å². The Kier molecular flexibility index (Phi) is 5.30. The molecule has 0 radical (unpaired) electrons. The minimum absolute atomic E-state index is 0.0732. The molecule has 2 N–H and O–H groups in total. The summed E-state index contributed by atoms with van der Waals surface area (Å²) in [6.45, 7) is 4.07. The zero-order valence-corrected chi connectivity index (χ0v) is 15.0. The van der Waals surface area contributed by atoms with Gasteiger partial charge in [-0.05, 0) is 36.2 Å². The molecule has 27 heavy (non-hydrogen) atoms.